The molecule has 0 atom stereocenters. The fraction of sp³-hybridized carbons (Fsp3) is 0.438. The number of Topliss-reactive ketones (excluding diaryl/α,β-unsaturated/α-hetero) is 1. The molecule has 1 aromatic carbocycles. The zero-order valence-corrected chi connectivity index (χ0v) is 13.2. The van der Waals surface area contributed by atoms with Crippen molar-refractivity contribution in [3.8, 4) is 5.75 Å². The van der Waals surface area contributed by atoms with Crippen molar-refractivity contribution in [2.24, 2.45) is 0 Å². The number of amides is 1. The first kappa shape index (κ1) is 18.6. The van der Waals surface area contributed by atoms with E-state index < -0.39 is 17.7 Å². The lowest BCUT2D eigenvalue weighted by molar-refractivity contribution is -0.144. The van der Waals surface area contributed by atoms with Crippen molar-refractivity contribution in [2.75, 3.05) is 20.3 Å². The third kappa shape index (κ3) is 6.90. The fourth-order valence-electron chi connectivity index (χ4n) is 1.84. The first-order valence-electron chi connectivity index (χ1n) is 7.22. The second-order valence-corrected chi connectivity index (χ2v) is 4.77. The van der Waals surface area contributed by atoms with Crippen molar-refractivity contribution in [3.63, 3.8) is 0 Å². The maximum absolute atomic E-state index is 13.3. The van der Waals surface area contributed by atoms with Crippen molar-refractivity contribution in [3.05, 3.63) is 29.6 Å². The second-order valence-electron chi connectivity index (χ2n) is 4.77. The SMILES string of the molecule is CCOC(=O)CCC(=O)NCC(=O)Cc1ccc(F)c(OC)c1. The van der Waals surface area contributed by atoms with Crippen LogP contribution in [-0.4, -0.2) is 37.9 Å². The van der Waals surface area contributed by atoms with Gasteiger partial charge in [0, 0.05) is 12.8 Å². The molecule has 0 aliphatic rings. The number of carbonyl (C=O) groups is 3. The van der Waals surface area contributed by atoms with Crippen LogP contribution in [0.2, 0.25) is 0 Å². The Morgan fingerprint density at radius 3 is 2.61 bits per heavy atom. The van der Waals surface area contributed by atoms with Crippen LogP contribution in [0.5, 0.6) is 5.75 Å². The zero-order valence-electron chi connectivity index (χ0n) is 13.2. The highest BCUT2D eigenvalue weighted by Gasteiger charge is 2.11. The van der Waals surface area contributed by atoms with Gasteiger partial charge in [-0.25, -0.2) is 4.39 Å². The summed E-state index contributed by atoms with van der Waals surface area (Å²) in [4.78, 5) is 34.4. The van der Waals surface area contributed by atoms with Crippen molar-refractivity contribution in [1.29, 1.82) is 0 Å². The van der Waals surface area contributed by atoms with E-state index in [-0.39, 0.29) is 43.9 Å². The summed E-state index contributed by atoms with van der Waals surface area (Å²) < 4.78 is 22.8. The number of esters is 1. The van der Waals surface area contributed by atoms with E-state index in [9.17, 15) is 18.8 Å². The first-order valence-corrected chi connectivity index (χ1v) is 7.22. The molecule has 0 aliphatic heterocycles. The molecule has 0 saturated heterocycles. The van der Waals surface area contributed by atoms with E-state index >= 15 is 0 Å². The van der Waals surface area contributed by atoms with Gasteiger partial charge in [0.2, 0.25) is 5.91 Å². The molecule has 23 heavy (non-hydrogen) atoms. The highest BCUT2D eigenvalue weighted by Crippen LogP contribution is 2.18. The minimum absolute atomic E-state index is 0.0248. The molecule has 0 aromatic heterocycles. The predicted molar refractivity (Wildman–Crippen MR) is 80.5 cm³/mol. The van der Waals surface area contributed by atoms with Crippen LogP contribution in [0.4, 0.5) is 4.39 Å². The molecule has 6 nitrogen and oxygen atoms in total. The van der Waals surface area contributed by atoms with Crippen LogP contribution in [0.15, 0.2) is 18.2 Å². The maximum Gasteiger partial charge on any atom is 0.306 e. The summed E-state index contributed by atoms with van der Waals surface area (Å²) in [6.07, 6.45) is -0.00565. The number of benzene rings is 1. The monoisotopic (exact) mass is 325 g/mol. The van der Waals surface area contributed by atoms with Gasteiger partial charge in [0.15, 0.2) is 17.3 Å². The summed E-state index contributed by atoms with van der Waals surface area (Å²) in [5.74, 6) is -1.52. The molecule has 1 amide bonds. The van der Waals surface area contributed by atoms with E-state index in [0.717, 1.165) is 0 Å². The minimum Gasteiger partial charge on any atom is -0.494 e. The van der Waals surface area contributed by atoms with Crippen LogP contribution in [0.25, 0.3) is 0 Å². The van der Waals surface area contributed by atoms with Gasteiger partial charge in [-0.05, 0) is 24.6 Å². The van der Waals surface area contributed by atoms with Crippen LogP contribution in [0.3, 0.4) is 0 Å². The van der Waals surface area contributed by atoms with Gasteiger partial charge < -0.3 is 14.8 Å². The lowest BCUT2D eigenvalue weighted by atomic mass is 10.1. The Kier molecular flexibility index (Phi) is 7.73. The zero-order chi connectivity index (χ0) is 17.2. The van der Waals surface area contributed by atoms with Crippen LogP contribution in [0, 0.1) is 5.82 Å². The molecule has 7 heteroatoms. The maximum atomic E-state index is 13.3. The molecule has 0 aliphatic carbocycles. The van der Waals surface area contributed by atoms with Gasteiger partial charge in [-0.1, -0.05) is 6.07 Å². The van der Waals surface area contributed by atoms with Gasteiger partial charge in [-0.15, -0.1) is 0 Å². The van der Waals surface area contributed by atoms with E-state index in [1.54, 1.807) is 6.92 Å². The summed E-state index contributed by atoms with van der Waals surface area (Å²) in [6.45, 7) is 1.79. The van der Waals surface area contributed by atoms with Crippen LogP contribution in [0.1, 0.15) is 25.3 Å². The predicted octanol–water partition coefficient (Wildman–Crippen LogP) is 1.41. The van der Waals surface area contributed by atoms with Crippen molar-refractivity contribution >= 4 is 17.7 Å². The summed E-state index contributed by atoms with van der Waals surface area (Å²) in [5.41, 5.74) is 0.592. The van der Waals surface area contributed by atoms with E-state index in [1.165, 1.54) is 25.3 Å². The number of carbonyl (C=O) groups excluding carboxylic acids is 3. The lowest BCUT2D eigenvalue weighted by Crippen LogP contribution is -2.30. The molecule has 0 saturated carbocycles. The van der Waals surface area contributed by atoms with Crippen LogP contribution < -0.4 is 10.1 Å². The third-order valence-corrected chi connectivity index (χ3v) is 2.96. The average Bonchev–Trinajstić information content (AvgIpc) is 2.53. The number of ketones is 1. The van der Waals surface area contributed by atoms with E-state index in [1.807, 2.05) is 0 Å². The van der Waals surface area contributed by atoms with Gasteiger partial charge in [0.05, 0.1) is 26.7 Å². The summed E-state index contributed by atoms with van der Waals surface area (Å²) >= 11 is 0. The lowest BCUT2D eigenvalue weighted by Gasteiger charge is -2.07. The number of hydrogen-bond donors (Lipinski definition) is 1. The Balaban J connectivity index is 2.36. The smallest absolute Gasteiger partial charge is 0.306 e. The number of nitrogens with one attached hydrogen (secondary N) is 1. The quantitative estimate of drug-likeness (QED) is 0.694. The summed E-state index contributed by atoms with van der Waals surface area (Å²) in [5, 5.41) is 2.44. The van der Waals surface area contributed by atoms with E-state index in [0.29, 0.717) is 5.56 Å². The molecular formula is C16H20FNO5. The molecule has 0 spiro atoms. The van der Waals surface area contributed by atoms with Crippen molar-refractivity contribution < 1.29 is 28.2 Å². The van der Waals surface area contributed by atoms with Crippen molar-refractivity contribution in [2.45, 2.75) is 26.2 Å². The number of ether oxygens (including phenoxy) is 2. The Morgan fingerprint density at radius 1 is 1.22 bits per heavy atom. The Morgan fingerprint density at radius 2 is 1.96 bits per heavy atom. The Labute approximate surface area is 134 Å². The summed E-state index contributed by atoms with van der Waals surface area (Å²) in [7, 11) is 1.34. The molecule has 126 valence electrons. The highest BCUT2D eigenvalue weighted by atomic mass is 19.1. The number of rotatable bonds is 9. The van der Waals surface area contributed by atoms with Gasteiger partial charge >= 0.3 is 5.97 Å². The molecular weight excluding hydrogens is 305 g/mol. The highest BCUT2D eigenvalue weighted by molar-refractivity contribution is 5.88. The summed E-state index contributed by atoms with van der Waals surface area (Å²) in [6, 6.07) is 4.15. The first-order chi connectivity index (χ1) is 11.0. The topological polar surface area (TPSA) is 81.7 Å². The van der Waals surface area contributed by atoms with Gasteiger partial charge in [-0.2, -0.15) is 0 Å². The molecule has 1 N–H and O–H groups in total. The molecule has 0 bridgehead atoms. The van der Waals surface area contributed by atoms with Gasteiger partial charge in [0.25, 0.3) is 0 Å². The molecule has 1 aromatic rings. The van der Waals surface area contributed by atoms with Crippen LogP contribution in [-0.2, 0) is 25.5 Å². The molecule has 0 radical (unpaired) electrons. The van der Waals surface area contributed by atoms with E-state index in [2.05, 4.69) is 5.32 Å². The Hall–Kier alpha value is -2.44. The molecule has 0 heterocycles. The number of methoxy groups -OCH3 is 1. The average molecular weight is 325 g/mol. The number of halogens is 1. The fourth-order valence-corrected chi connectivity index (χ4v) is 1.84. The van der Waals surface area contributed by atoms with Gasteiger partial charge in [0.1, 0.15) is 0 Å². The standard InChI is InChI=1S/C16H20FNO5/c1-3-23-16(21)7-6-15(20)18-10-12(19)8-11-4-5-13(17)14(9-11)22-2/h4-5,9H,3,6-8,10H2,1-2H3,(H,18,20). The minimum atomic E-state index is -0.504. The molecule has 0 fully saturated rings. The number of hydrogen-bond acceptors (Lipinski definition) is 5. The third-order valence-electron chi connectivity index (χ3n) is 2.96. The van der Waals surface area contributed by atoms with Crippen molar-refractivity contribution in [1.82, 2.24) is 5.32 Å². The molecule has 1 rings (SSSR count). The largest absolute Gasteiger partial charge is 0.494 e. The Bertz CT molecular complexity index is 574. The van der Waals surface area contributed by atoms with Crippen LogP contribution >= 0.6 is 0 Å². The van der Waals surface area contributed by atoms with E-state index in [4.69, 9.17) is 9.47 Å². The van der Waals surface area contributed by atoms with Gasteiger partial charge in [-0.3, -0.25) is 14.4 Å². The normalized spacial score (nSPS) is 10.0. The second kappa shape index (κ2) is 9.55. The molecule has 0 unspecified atom stereocenters.